The molecule has 1 aliphatic heterocycles. The van der Waals surface area contributed by atoms with E-state index >= 15 is 0 Å². The predicted octanol–water partition coefficient (Wildman–Crippen LogP) is 3.08. The molecule has 6 heteroatoms. The number of anilines is 1. The zero-order valence-corrected chi connectivity index (χ0v) is 16.5. The third-order valence-electron chi connectivity index (χ3n) is 4.62. The Morgan fingerprint density at radius 3 is 2.33 bits per heavy atom. The molecule has 0 atom stereocenters. The lowest BCUT2D eigenvalue weighted by Gasteiger charge is -2.28. The first-order valence-corrected chi connectivity index (χ1v) is 9.73. The van der Waals surface area contributed by atoms with Gasteiger partial charge in [-0.1, -0.05) is 35.9 Å². The average molecular weight is 387 g/mol. The van der Waals surface area contributed by atoms with Crippen molar-refractivity contribution in [3.63, 3.8) is 0 Å². The fraction of sp³-hybridized carbons (Fsp3) is 0.381. The zero-order chi connectivity index (χ0) is 18.9. The van der Waals surface area contributed by atoms with Gasteiger partial charge in [0.25, 0.3) is 0 Å². The van der Waals surface area contributed by atoms with E-state index in [9.17, 15) is 0 Å². The summed E-state index contributed by atoms with van der Waals surface area (Å²) in [7, 11) is 1.79. The van der Waals surface area contributed by atoms with Crippen molar-refractivity contribution in [2.24, 2.45) is 4.99 Å². The van der Waals surface area contributed by atoms with Gasteiger partial charge in [0.05, 0.1) is 13.2 Å². The number of morpholine rings is 1. The SMILES string of the molecule is CN=C(NCCc1ccc(Cl)cc1)NCc1ccc(N2CCOCC2)cc1. The molecule has 144 valence electrons. The average Bonchev–Trinajstić information content (AvgIpc) is 2.73. The van der Waals surface area contributed by atoms with Crippen molar-refractivity contribution < 1.29 is 4.74 Å². The molecule has 2 N–H and O–H groups in total. The molecule has 2 aromatic carbocycles. The lowest BCUT2D eigenvalue weighted by Crippen LogP contribution is -2.38. The Bertz CT molecular complexity index is 725. The van der Waals surface area contributed by atoms with Gasteiger partial charge in [-0.25, -0.2) is 0 Å². The van der Waals surface area contributed by atoms with E-state index in [0.717, 1.165) is 56.8 Å². The monoisotopic (exact) mass is 386 g/mol. The third kappa shape index (κ3) is 6.15. The van der Waals surface area contributed by atoms with Crippen molar-refractivity contribution in [2.45, 2.75) is 13.0 Å². The summed E-state index contributed by atoms with van der Waals surface area (Å²) in [5.41, 5.74) is 3.74. The quantitative estimate of drug-likeness (QED) is 0.591. The van der Waals surface area contributed by atoms with Gasteiger partial charge in [0, 0.05) is 43.9 Å². The van der Waals surface area contributed by atoms with Crippen LogP contribution in [0.1, 0.15) is 11.1 Å². The summed E-state index contributed by atoms with van der Waals surface area (Å²) < 4.78 is 5.41. The fourth-order valence-corrected chi connectivity index (χ4v) is 3.15. The largest absolute Gasteiger partial charge is 0.378 e. The van der Waals surface area contributed by atoms with E-state index in [4.69, 9.17) is 16.3 Å². The first-order valence-electron chi connectivity index (χ1n) is 9.35. The molecular formula is C21H27ClN4O. The van der Waals surface area contributed by atoms with Crippen LogP contribution in [-0.4, -0.2) is 45.9 Å². The Morgan fingerprint density at radius 2 is 1.67 bits per heavy atom. The second-order valence-corrected chi connectivity index (χ2v) is 6.93. The summed E-state index contributed by atoms with van der Waals surface area (Å²) >= 11 is 5.92. The summed E-state index contributed by atoms with van der Waals surface area (Å²) in [5.74, 6) is 0.807. The summed E-state index contributed by atoms with van der Waals surface area (Å²) in [4.78, 5) is 6.65. The van der Waals surface area contributed by atoms with Gasteiger partial charge in [0.2, 0.25) is 0 Å². The van der Waals surface area contributed by atoms with E-state index in [0.29, 0.717) is 0 Å². The Balaban J connectivity index is 1.42. The van der Waals surface area contributed by atoms with Crippen LogP contribution in [-0.2, 0) is 17.7 Å². The molecule has 5 nitrogen and oxygen atoms in total. The normalized spacial score (nSPS) is 14.9. The first-order chi connectivity index (χ1) is 13.2. The molecule has 27 heavy (non-hydrogen) atoms. The van der Waals surface area contributed by atoms with Gasteiger partial charge in [0.15, 0.2) is 5.96 Å². The summed E-state index contributed by atoms with van der Waals surface area (Å²) in [5, 5.41) is 7.48. The minimum atomic E-state index is 0.740. The zero-order valence-electron chi connectivity index (χ0n) is 15.7. The number of aliphatic imine (C=N–C) groups is 1. The first kappa shape index (κ1) is 19.5. The number of nitrogens with zero attached hydrogens (tertiary/aromatic N) is 2. The van der Waals surface area contributed by atoms with Crippen LogP contribution in [0, 0.1) is 0 Å². The molecule has 1 heterocycles. The highest BCUT2D eigenvalue weighted by Gasteiger charge is 2.10. The van der Waals surface area contributed by atoms with Crippen LogP contribution in [0.2, 0.25) is 5.02 Å². The van der Waals surface area contributed by atoms with Crippen LogP contribution in [0.25, 0.3) is 0 Å². The van der Waals surface area contributed by atoms with Gasteiger partial charge in [-0.05, 0) is 41.8 Å². The number of nitrogens with one attached hydrogen (secondary N) is 2. The summed E-state index contributed by atoms with van der Waals surface area (Å²) in [6, 6.07) is 16.6. The number of hydrogen-bond acceptors (Lipinski definition) is 3. The molecule has 1 saturated heterocycles. The smallest absolute Gasteiger partial charge is 0.191 e. The predicted molar refractivity (Wildman–Crippen MR) is 113 cm³/mol. The van der Waals surface area contributed by atoms with Crippen molar-refractivity contribution in [1.82, 2.24) is 10.6 Å². The van der Waals surface area contributed by atoms with Crippen LogP contribution in [0.5, 0.6) is 0 Å². The third-order valence-corrected chi connectivity index (χ3v) is 4.87. The minimum Gasteiger partial charge on any atom is -0.378 e. The van der Waals surface area contributed by atoms with Crippen LogP contribution in [0.15, 0.2) is 53.5 Å². The molecule has 0 aromatic heterocycles. The van der Waals surface area contributed by atoms with E-state index < -0.39 is 0 Å². The Kier molecular flexibility index (Phi) is 7.36. The van der Waals surface area contributed by atoms with Gasteiger partial charge >= 0.3 is 0 Å². The molecule has 0 unspecified atom stereocenters. The van der Waals surface area contributed by atoms with E-state index in [-0.39, 0.29) is 0 Å². The lowest BCUT2D eigenvalue weighted by atomic mass is 10.1. The van der Waals surface area contributed by atoms with E-state index in [2.05, 4.69) is 56.9 Å². The van der Waals surface area contributed by atoms with Gasteiger partial charge in [-0.3, -0.25) is 4.99 Å². The van der Waals surface area contributed by atoms with E-state index in [1.54, 1.807) is 7.05 Å². The number of hydrogen-bond donors (Lipinski definition) is 2. The van der Waals surface area contributed by atoms with Gasteiger partial charge in [-0.15, -0.1) is 0 Å². The Morgan fingerprint density at radius 1 is 1.00 bits per heavy atom. The minimum absolute atomic E-state index is 0.740. The van der Waals surface area contributed by atoms with Crippen molar-refractivity contribution >= 4 is 23.2 Å². The number of benzene rings is 2. The molecule has 0 bridgehead atoms. The van der Waals surface area contributed by atoms with Crippen molar-refractivity contribution in [2.75, 3.05) is 44.8 Å². The molecule has 2 aromatic rings. The molecular weight excluding hydrogens is 360 g/mol. The number of guanidine groups is 1. The van der Waals surface area contributed by atoms with Gasteiger partial charge in [-0.2, -0.15) is 0 Å². The second kappa shape index (κ2) is 10.2. The van der Waals surface area contributed by atoms with Crippen molar-refractivity contribution in [3.05, 3.63) is 64.7 Å². The van der Waals surface area contributed by atoms with Crippen LogP contribution in [0.3, 0.4) is 0 Å². The van der Waals surface area contributed by atoms with E-state index in [1.807, 2.05) is 12.1 Å². The van der Waals surface area contributed by atoms with Crippen LogP contribution >= 0.6 is 11.6 Å². The highest BCUT2D eigenvalue weighted by Crippen LogP contribution is 2.16. The molecule has 1 aliphatic rings. The Hall–Kier alpha value is -2.24. The van der Waals surface area contributed by atoms with Crippen molar-refractivity contribution in [1.29, 1.82) is 0 Å². The van der Waals surface area contributed by atoms with Gasteiger partial charge < -0.3 is 20.3 Å². The molecule has 0 saturated carbocycles. The number of ether oxygens (including phenoxy) is 1. The molecule has 0 radical (unpaired) electrons. The summed E-state index contributed by atoms with van der Waals surface area (Å²) in [6.07, 6.45) is 0.923. The van der Waals surface area contributed by atoms with Gasteiger partial charge in [0.1, 0.15) is 0 Å². The molecule has 3 rings (SSSR count). The molecule has 0 aliphatic carbocycles. The van der Waals surface area contributed by atoms with Crippen LogP contribution < -0.4 is 15.5 Å². The standard InChI is InChI=1S/C21H27ClN4O/c1-23-21(24-11-10-17-2-6-19(22)7-3-17)25-16-18-4-8-20(9-5-18)26-12-14-27-15-13-26/h2-9H,10-16H2,1H3,(H2,23,24,25). The second-order valence-electron chi connectivity index (χ2n) is 6.49. The number of halogens is 1. The lowest BCUT2D eigenvalue weighted by molar-refractivity contribution is 0.122. The maximum absolute atomic E-state index is 5.92. The highest BCUT2D eigenvalue weighted by molar-refractivity contribution is 6.30. The molecule has 0 spiro atoms. The summed E-state index contributed by atoms with van der Waals surface area (Å²) in [6.45, 7) is 5.09. The fourth-order valence-electron chi connectivity index (χ4n) is 3.03. The highest BCUT2D eigenvalue weighted by atomic mass is 35.5. The topological polar surface area (TPSA) is 48.9 Å². The molecule has 0 amide bonds. The maximum atomic E-state index is 5.92. The van der Waals surface area contributed by atoms with Crippen molar-refractivity contribution in [3.8, 4) is 0 Å². The number of rotatable bonds is 6. The molecule has 1 fully saturated rings. The van der Waals surface area contributed by atoms with Crippen LogP contribution in [0.4, 0.5) is 5.69 Å². The Labute approximate surface area is 166 Å². The van der Waals surface area contributed by atoms with E-state index in [1.165, 1.54) is 16.8 Å². The maximum Gasteiger partial charge on any atom is 0.191 e.